The molecule has 38 heavy (non-hydrogen) atoms. The van der Waals surface area contributed by atoms with Crippen LogP contribution in [0.4, 0.5) is 4.39 Å². The zero-order chi connectivity index (χ0) is 27.6. The number of carbonyl (C=O) groups is 1. The van der Waals surface area contributed by atoms with Crippen LogP contribution in [0, 0.1) is 35.9 Å². The molecule has 4 fully saturated rings. The number of halogens is 1. The van der Waals surface area contributed by atoms with Crippen molar-refractivity contribution in [2.75, 3.05) is 0 Å². The first-order chi connectivity index (χ1) is 17.8. The van der Waals surface area contributed by atoms with Gasteiger partial charge in [0, 0.05) is 22.4 Å². The second-order valence-corrected chi connectivity index (χ2v) is 13.6. The van der Waals surface area contributed by atoms with Gasteiger partial charge in [-0.1, -0.05) is 31.9 Å². The molecule has 3 N–H and O–H groups in total. The van der Waals surface area contributed by atoms with E-state index in [0.29, 0.717) is 34.6 Å². The highest BCUT2D eigenvalue weighted by Gasteiger charge is 2.60. The monoisotopic (exact) mass is 539 g/mol. The molecule has 1 heterocycles. The van der Waals surface area contributed by atoms with Gasteiger partial charge in [-0.15, -0.1) is 6.42 Å². The van der Waals surface area contributed by atoms with Crippen molar-refractivity contribution in [2.45, 2.75) is 81.4 Å². The van der Waals surface area contributed by atoms with E-state index in [4.69, 9.17) is 11.4 Å². The summed E-state index contributed by atoms with van der Waals surface area (Å²) in [6.45, 7) is 4.96. The summed E-state index contributed by atoms with van der Waals surface area (Å²) in [7, 11) is -4.00. The minimum atomic E-state index is -4.00. The molecule has 3 atom stereocenters. The van der Waals surface area contributed by atoms with E-state index in [2.05, 4.69) is 0 Å². The highest BCUT2D eigenvalue weighted by Crippen LogP contribution is 2.61. The maximum atomic E-state index is 13.9. The van der Waals surface area contributed by atoms with Gasteiger partial charge < -0.3 is 15.1 Å². The summed E-state index contributed by atoms with van der Waals surface area (Å²) in [4.78, 5) is 27.9. The predicted molar refractivity (Wildman–Crippen MR) is 144 cm³/mol. The molecule has 6 rings (SSSR count). The molecule has 4 aliphatic carbocycles. The third kappa shape index (κ3) is 3.96. The molecular weight excluding hydrogens is 504 g/mol. The van der Waals surface area contributed by atoms with E-state index in [1.54, 1.807) is 12.1 Å². The average Bonchev–Trinajstić information content (AvgIpc) is 2.83. The molecule has 1 aromatic heterocycles. The first kappa shape index (κ1) is 27.1. The Kier molecular flexibility index (Phi) is 6.62. The number of terminal acetylenes is 1. The van der Waals surface area contributed by atoms with Crippen LogP contribution in [-0.4, -0.2) is 31.2 Å². The smallest absolute Gasteiger partial charge is 0.335 e. The molecule has 0 radical (unpaired) electrons. The Morgan fingerprint density at radius 2 is 1.68 bits per heavy atom. The molecule has 4 aliphatic rings. The van der Waals surface area contributed by atoms with Crippen molar-refractivity contribution >= 4 is 14.0 Å². The molecule has 4 bridgehead atoms. The molecule has 0 saturated heterocycles. The molecule has 202 valence electrons. The van der Waals surface area contributed by atoms with Crippen LogP contribution < -0.4 is 0 Å². The lowest BCUT2D eigenvalue weighted by molar-refractivity contribution is -0.145. The second kappa shape index (κ2) is 9.30. The Hall–Kier alpha value is -2.52. The van der Waals surface area contributed by atoms with Crippen molar-refractivity contribution in [1.29, 1.82) is 0 Å². The minimum Gasteiger partial charge on any atom is -0.480 e. The lowest BCUT2D eigenvalue weighted by atomic mass is 9.48. The Labute approximate surface area is 223 Å². The molecule has 6 nitrogen and oxygen atoms in total. The first-order valence-electron chi connectivity index (χ1n) is 13.3. The van der Waals surface area contributed by atoms with Gasteiger partial charge in [-0.2, -0.15) is 0 Å². The number of carboxylic acids is 1. The van der Waals surface area contributed by atoms with Crippen LogP contribution in [0.1, 0.15) is 82.2 Å². The minimum absolute atomic E-state index is 0.0975. The van der Waals surface area contributed by atoms with E-state index in [0.717, 1.165) is 25.0 Å². The fraction of sp³-hybridized carbons (Fsp3) is 0.533. The number of aliphatic hydroxyl groups is 1. The zero-order valence-electron chi connectivity index (χ0n) is 22.0. The Balaban J connectivity index is 1.82. The molecule has 3 unspecified atom stereocenters. The summed E-state index contributed by atoms with van der Waals surface area (Å²) in [6.07, 6.45) is 12.5. The lowest BCUT2D eigenvalue weighted by Crippen LogP contribution is -2.53. The Bertz CT molecular complexity index is 1290. The topological polar surface area (TPSA) is 108 Å². The predicted octanol–water partition coefficient (Wildman–Crippen LogP) is 5.61. The molecular formula is C30H35FNO5P. The summed E-state index contributed by atoms with van der Waals surface area (Å²) >= 11 is 0. The van der Waals surface area contributed by atoms with Gasteiger partial charge in [0.2, 0.25) is 13.2 Å². The highest BCUT2D eigenvalue weighted by molar-refractivity contribution is 7.42. The molecule has 0 amide bonds. The van der Waals surface area contributed by atoms with Crippen LogP contribution in [0.5, 0.6) is 0 Å². The summed E-state index contributed by atoms with van der Waals surface area (Å²) in [5.74, 6) is 1.47. The van der Waals surface area contributed by atoms with Crippen molar-refractivity contribution < 1.29 is 28.9 Å². The van der Waals surface area contributed by atoms with Crippen molar-refractivity contribution in [2.24, 2.45) is 17.8 Å². The lowest BCUT2D eigenvalue weighted by Gasteiger charge is -2.56. The molecule has 0 spiro atoms. The number of aromatic nitrogens is 1. The van der Waals surface area contributed by atoms with Gasteiger partial charge in [-0.05, 0) is 98.4 Å². The van der Waals surface area contributed by atoms with Crippen molar-refractivity contribution in [1.82, 2.24) is 4.98 Å². The van der Waals surface area contributed by atoms with E-state index < -0.39 is 30.6 Å². The zero-order valence-corrected chi connectivity index (χ0v) is 23.0. The molecule has 0 aliphatic heterocycles. The standard InChI is InChI=1S/C30H35FNO5P/c1-5-30(27(33)34,38(36)37)28(4,35)25-23(21-6-8-22(31)9-7-21)13-24(32-26(25)17(2)3)29-14-18-10-19(15-29)12-20(11-18)16-29/h1,6-9,13,17-20,35,38H,10-12,14-16H2,2-4H3,(H,33,34)(H,36,37). The number of benzene rings is 1. The largest absolute Gasteiger partial charge is 0.480 e. The van der Waals surface area contributed by atoms with Crippen molar-refractivity contribution in [3.8, 4) is 23.5 Å². The summed E-state index contributed by atoms with van der Waals surface area (Å²) in [5.41, 5.74) is -0.133. The third-order valence-electron chi connectivity index (χ3n) is 9.41. The van der Waals surface area contributed by atoms with Crippen LogP contribution in [0.3, 0.4) is 0 Å². The maximum absolute atomic E-state index is 13.9. The van der Waals surface area contributed by atoms with Crippen LogP contribution in [0.25, 0.3) is 11.1 Å². The van der Waals surface area contributed by atoms with Gasteiger partial charge in [0.25, 0.3) is 0 Å². The molecule has 4 saturated carbocycles. The van der Waals surface area contributed by atoms with E-state index in [-0.39, 0.29) is 16.9 Å². The summed E-state index contributed by atoms with van der Waals surface area (Å²) < 4.78 is 26.6. The molecule has 2 aromatic rings. The quantitative estimate of drug-likeness (QED) is 0.312. The normalized spacial score (nSPS) is 29.9. The van der Waals surface area contributed by atoms with E-state index >= 15 is 0 Å². The average molecular weight is 540 g/mol. The highest BCUT2D eigenvalue weighted by atomic mass is 31.1. The van der Waals surface area contributed by atoms with Crippen LogP contribution in [-0.2, 0) is 20.4 Å². The number of rotatable bonds is 7. The Morgan fingerprint density at radius 3 is 2.11 bits per heavy atom. The molecule has 8 heteroatoms. The van der Waals surface area contributed by atoms with Gasteiger partial charge in [-0.3, -0.25) is 9.55 Å². The fourth-order valence-electron chi connectivity index (χ4n) is 8.01. The van der Waals surface area contributed by atoms with Gasteiger partial charge >= 0.3 is 5.97 Å². The first-order valence-corrected chi connectivity index (χ1v) is 14.7. The third-order valence-corrected chi connectivity index (χ3v) is 10.9. The van der Waals surface area contributed by atoms with Crippen LogP contribution >= 0.6 is 8.03 Å². The van der Waals surface area contributed by atoms with Crippen LogP contribution in [0.15, 0.2) is 30.3 Å². The number of hydrogen-bond acceptors (Lipinski definition) is 4. The maximum Gasteiger partial charge on any atom is 0.335 e. The SMILES string of the molecule is C#CC(C(=O)O)([PH](=O)O)C(C)(O)c1c(-c2ccc(F)cc2)cc(C23CC4CC(CC(C4)C2)C3)nc1C(C)C. The van der Waals surface area contributed by atoms with Gasteiger partial charge in [0.05, 0.1) is 0 Å². The van der Waals surface area contributed by atoms with Crippen molar-refractivity contribution in [3.05, 3.63) is 53.1 Å². The number of carboxylic acid groups (broad SMARTS) is 1. The number of pyridine rings is 1. The van der Waals surface area contributed by atoms with Gasteiger partial charge in [0.1, 0.15) is 11.4 Å². The number of nitrogens with zero attached hydrogens (tertiary/aromatic N) is 1. The Morgan fingerprint density at radius 1 is 1.16 bits per heavy atom. The summed E-state index contributed by atoms with van der Waals surface area (Å²) in [5, 5.41) is 19.3. The van der Waals surface area contributed by atoms with E-state index in [9.17, 15) is 28.9 Å². The fourth-order valence-corrected chi connectivity index (χ4v) is 8.85. The van der Waals surface area contributed by atoms with Crippen LogP contribution in [0.2, 0.25) is 0 Å². The van der Waals surface area contributed by atoms with E-state index in [1.807, 2.05) is 25.8 Å². The second-order valence-electron chi connectivity index (χ2n) is 12.3. The number of aliphatic carboxylic acids is 1. The van der Waals surface area contributed by atoms with Gasteiger partial charge in [-0.25, -0.2) is 9.18 Å². The van der Waals surface area contributed by atoms with Gasteiger partial charge in [0.15, 0.2) is 0 Å². The molecule has 1 aromatic carbocycles. The van der Waals surface area contributed by atoms with E-state index in [1.165, 1.54) is 38.3 Å². The summed E-state index contributed by atoms with van der Waals surface area (Å²) in [6, 6.07) is 7.63. The van der Waals surface area contributed by atoms with Crippen molar-refractivity contribution in [3.63, 3.8) is 0 Å². The number of hydrogen-bond donors (Lipinski definition) is 3.